The van der Waals surface area contributed by atoms with Gasteiger partial charge < -0.3 is 28.1 Å². The van der Waals surface area contributed by atoms with Crippen molar-refractivity contribution in [1.82, 2.24) is 0 Å². The lowest BCUT2D eigenvalue weighted by molar-refractivity contribution is -0.128. The molecule has 0 saturated carbocycles. The highest BCUT2D eigenvalue weighted by Crippen LogP contribution is 2.38. The summed E-state index contributed by atoms with van der Waals surface area (Å²) in [5.74, 6) is 1.57. The van der Waals surface area contributed by atoms with Gasteiger partial charge >= 0.3 is 5.97 Å². The van der Waals surface area contributed by atoms with Crippen molar-refractivity contribution in [2.75, 3.05) is 21.3 Å². The summed E-state index contributed by atoms with van der Waals surface area (Å²) in [6.45, 7) is 2.06. The predicted octanol–water partition coefficient (Wildman–Crippen LogP) is 5.79. The number of hydrogen-bond donors (Lipinski definition) is 0. The minimum atomic E-state index is -0.620. The fourth-order valence-corrected chi connectivity index (χ4v) is 3.66. The van der Waals surface area contributed by atoms with Gasteiger partial charge in [0.1, 0.15) is 23.3 Å². The van der Waals surface area contributed by atoms with Crippen molar-refractivity contribution in [2.45, 2.75) is 13.3 Å². The molecule has 0 aliphatic rings. The van der Waals surface area contributed by atoms with Gasteiger partial charge in [-0.1, -0.05) is 19.1 Å². The highest BCUT2D eigenvalue weighted by molar-refractivity contribution is 5.89. The lowest BCUT2D eigenvalue weighted by Gasteiger charge is -2.12. The fourth-order valence-electron chi connectivity index (χ4n) is 3.66. The molecule has 1 heterocycles. The first-order chi connectivity index (χ1) is 17.9. The number of hydrogen-bond acceptors (Lipinski definition) is 8. The quantitative estimate of drug-likeness (QED) is 0.161. The number of benzene rings is 3. The van der Waals surface area contributed by atoms with E-state index >= 15 is 0 Å². The van der Waals surface area contributed by atoms with Crippen LogP contribution >= 0.6 is 0 Å². The number of rotatable bonds is 9. The molecule has 37 heavy (non-hydrogen) atoms. The standard InChI is InChI=1S/C29H26O8/c1-5-18-6-9-20(10-7-18)36-26-17-35-23-16-21(11-12-22(23)28(26)31)37-27(30)13-8-19-14-24(32-2)29(34-4)25(15-19)33-3/h6-17H,5H2,1-4H3/b13-8+. The zero-order chi connectivity index (χ0) is 26.4. The molecule has 190 valence electrons. The summed E-state index contributed by atoms with van der Waals surface area (Å²) in [5, 5.41) is 0.301. The minimum absolute atomic E-state index is 0.0646. The van der Waals surface area contributed by atoms with E-state index in [4.69, 9.17) is 28.1 Å². The third kappa shape index (κ3) is 5.75. The zero-order valence-corrected chi connectivity index (χ0v) is 20.9. The average molecular weight is 503 g/mol. The van der Waals surface area contributed by atoms with Gasteiger partial charge in [-0.25, -0.2) is 4.79 Å². The molecule has 4 rings (SSSR count). The largest absolute Gasteiger partial charge is 0.493 e. The molecule has 0 bridgehead atoms. The van der Waals surface area contributed by atoms with Crippen LogP contribution in [-0.2, 0) is 11.2 Å². The van der Waals surface area contributed by atoms with Gasteiger partial charge in [0.2, 0.25) is 16.9 Å². The van der Waals surface area contributed by atoms with Crippen molar-refractivity contribution < 1.29 is 32.9 Å². The van der Waals surface area contributed by atoms with E-state index in [0.29, 0.717) is 33.9 Å². The van der Waals surface area contributed by atoms with Crippen molar-refractivity contribution >= 4 is 23.0 Å². The number of fused-ring (bicyclic) bond motifs is 1. The molecule has 0 aliphatic carbocycles. The van der Waals surface area contributed by atoms with Gasteiger partial charge in [0.15, 0.2) is 11.5 Å². The van der Waals surface area contributed by atoms with Crippen LogP contribution in [0.15, 0.2) is 76.1 Å². The van der Waals surface area contributed by atoms with Crippen LogP contribution in [0.3, 0.4) is 0 Å². The maximum Gasteiger partial charge on any atom is 0.336 e. The third-order valence-corrected chi connectivity index (χ3v) is 5.59. The number of esters is 1. The molecule has 0 aliphatic heterocycles. The van der Waals surface area contributed by atoms with E-state index in [1.54, 1.807) is 30.3 Å². The van der Waals surface area contributed by atoms with E-state index in [9.17, 15) is 9.59 Å². The van der Waals surface area contributed by atoms with E-state index in [1.165, 1.54) is 57.4 Å². The van der Waals surface area contributed by atoms with Gasteiger partial charge in [-0.2, -0.15) is 0 Å². The van der Waals surface area contributed by atoms with Crippen LogP contribution in [0.25, 0.3) is 17.0 Å². The van der Waals surface area contributed by atoms with E-state index in [2.05, 4.69) is 6.92 Å². The molecule has 0 amide bonds. The summed E-state index contributed by atoms with van der Waals surface area (Å²) in [5.41, 5.74) is 1.74. The normalized spacial score (nSPS) is 10.9. The maximum absolute atomic E-state index is 12.9. The summed E-state index contributed by atoms with van der Waals surface area (Å²) in [7, 11) is 4.53. The Morgan fingerprint density at radius 3 is 2.16 bits per heavy atom. The fraction of sp³-hybridized carbons (Fsp3) is 0.172. The molecule has 8 heteroatoms. The molecule has 3 aromatic carbocycles. The van der Waals surface area contributed by atoms with Crippen molar-refractivity contribution in [3.8, 4) is 34.5 Å². The minimum Gasteiger partial charge on any atom is -0.493 e. The molecule has 8 nitrogen and oxygen atoms in total. The SMILES string of the molecule is CCc1ccc(Oc2coc3cc(OC(=O)/C=C/c4cc(OC)c(OC)c(OC)c4)ccc3c2=O)cc1. The Morgan fingerprint density at radius 1 is 0.865 bits per heavy atom. The van der Waals surface area contributed by atoms with E-state index in [1.807, 2.05) is 12.1 Å². The molecular formula is C29H26O8. The number of carbonyl (C=O) groups is 1. The summed E-state index contributed by atoms with van der Waals surface area (Å²) >= 11 is 0. The first-order valence-corrected chi connectivity index (χ1v) is 11.5. The lowest BCUT2D eigenvalue weighted by atomic mass is 10.1. The Balaban J connectivity index is 1.49. The highest BCUT2D eigenvalue weighted by atomic mass is 16.5. The summed E-state index contributed by atoms with van der Waals surface area (Å²) in [6.07, 6.45) is 4.98. The van der Waals surface area contributed by atoms with Crippen molar-refractivity contribution in [1.29, 1.82) is 0 Å². The molecule has 0 spiro atoms. The smallest absolute Gasteiger partial charge is 0.336 e. The topological polar surface area (TPSA) is 93.4 Å². The van der Waals surface area contributed by atoms with Crippen LogP contribution in [0.2, 0.25) is 0 Å². The zero-order valence-electron chi connectivity index (χ0n) is 20.9. The van der Waals surface area contributed by atoms with Gasteiger partial charge in [-0.3, -0.25) is 4.79 Å². The maximum atomic E-state index is 12.9. The molecule has 0 atom stereocenters. The summed E-state index contributed by atoms with van der Waals surface area (Å²) < 4.78 is 32.6. The second kappa shape index (κ2) is 11.3. The van der Waals surface area contributed by atoms with E-state index in [-0.39, 0.29) is 22.5 Å². The molecule has 0 unspecified atom stereocenters. The van der Waals surface area contributed by atoms with Crippen LogP contribution in [0.1, 0.15) is 18.1 Å². The monoisotopic (exact) mass is 502 g/mol. The summed E-state index contributed by atoms with van der Waals surface area (Å²) in [6, 6.07) is 15.4. The lowest BCUT2D eigenvalue weighted by Crippen LogP contribution is -2.06. The van der Waals surface area contributed by atoms with Crippen molar-refractivity contribution in [3.05, 3.63) is 88.3 Å². The van der Waals surface area contributed by atoms with Crippen LogP contribution < -0.4 is 29.1 Å². The van der Waals surface area contributed by atoms with Crippen LogP contribution in [0, 0.1) is 0 Å². The van der Waals surface area contributed by atoms with E-state index < -0.39 is 5.97 Å². The molecule has 0 N–H and O–H groups in total. The molecule has 1 aromatic heterocycles. The number of carbonyl (C=O) groups excluding carboxylic acids is 1. The van der Waals surface area contributed by atoms with Crippen LogP contribution in [0.4, 0.5) is 0 Å². The first-order valence-electron chi connectivity index (χ1n) is 11.5. The Morgan fingerprint density at radius 2 is 1.54 bits per heavy atom. The van der Waals surface area contributed by atoms with Gasteiger partial charge in [0.25, 0.3) is 0 Å². The molecule has 0 saturated heterocycles. The molecule has 0 fully saturated rings. The molecule has 4 aromatic rings. The van der Waals surface area contributed by atoms with Crippen LogP contribution in [0.5, 0.6) is 34.5 Å². The Labute approximate surface area is 213 Å². The average Bonchev–Trinajstić information content (AvgIpc) is 2.93. The first kappa shape index (κ1) is 25.4. The highest BCUT2D eigenvalue weighted by Gasteiger charge is 2.13. The van der Waals surface area contributed by atoms with Crippen molar-refractivity contribution in [3.63, 3.8) is 0 Å². The number of methoxy groups -OCH3 is 3. The molecule has 0 radical (unpaired) electrons. The van der Waals surface area contributed by atoms with Crippen LogP contribution in [-0.4, -0.2) is 27.3 Å². The van der Waals surface area contributed by atoms with E-state index in [0.717, 1.165) is 6.42 Å². The number of aryl methyl sites for hydroxylation is 1. The number of ether oxygens (including phenoxy) is 5. The second-order valence-corrected chi connectivity index (χ2v) is 7.90. The van der Waals surface area contributed by atoms with Gasteiger partial charge in [-0.05, 0) is 60.0 Å². The van der Waals surface area contributed by atoms with Gasteiger partial charge in [-0.15, -0.1) is 0 Å². The predicted molar refractivity (Wildman–Crippen MR) is 139 cm³/mol. The Bertz CT molecular complexity index is 1470. The Hall–Kier alpha value is -4.72. The van der Waals surface area contributed by atoms with Gasteiger partial charge in [0, 0.05) is 12.1 Å². The van der Waals surface area contributed by atoms with Gasteiger partial charge in [0.05, 0.1) is 26.7 Å². The third-order valence-electron chi connectivity index (χ3n) is 5.59. The Kier molecular flexibility index (Phi) is 7.78. The summed E-state index contributed by atoms with van der Waals surface area (Å²) in [4.78, 5) is 25.3. The second-order valence-electron chi connectivity index (χ2n) is 7.90. The van der Waals surface area contributed by atoms with Crippen molar-refractivity contribution in [2.24, 2.45) is 0 Å². The molecular weight excluding hydrogens is 476 g/mol.